The molecule has 3 aromatic heterocycles. The summed E-state index contributed by atoms with van der Waals surface area (Å²) in [5.41, 5.74) is 2.36. The first-order chi connectivity index (χ1) is 17.9. The number of alkyl halides is 3. The molecule has 2 N–H and O–H groups in total. The van der Waals surface area contributed by atoms with E-state index in [2.05, 4.69) is 41.7 Å². The second kappa shape index (κ2) is 9.53. The number of hydrogen-bond donors (Lipinski definition) is 2. The number of benzene rings is 1. The van der Waals surface area contributed by atoms with E-state index in [0.717, 1.165) is 62.0 Å². The van der Waals surface area contributed by atoms with Crippen LogP contribution in [-0.2, 0) is 19.8 Å². The SMILES string of the molecule is Cn1cnnc1C(c1cccc(-c2n[nH]c3c(CN4CCNCC4)nc(C(F)(F)F)cc23)c1)C1CCC1. The standard InChI is InChI=1S/C26H29F3N8/c1-36-15-31-35-25(36)22(16-4-2-5-16)17-6-3-7-18(12-17)23-19-13-21(26(27,28)29)32-20(24(19)34-33-23)14-37-10-8-30-9-11-37/h3,6-7,12-13,15-16,22,30H,2,4-5,8-11,14H2,1H3,(H,33,34). The van der Waals surface area contributed by atoms with Crippen LogP contribution in [0.5, 0.6) is 0 Å². The molecule has 1 atom stereocenters. The highest BCUT2D eigenvalue weighted by Crippen LogP contribution is 2.43. The fourth-order valence-electron chi connectivity index (χ4n) is 5.50. The smallest absolute Gasteiger partial charge is 0.320 e. The van der Waals surface area contributed by atoms with Gasteiger partial charge in [-0.25, -0.2) is 4.98 Å². The molecule has 37 heavy (non-hydrogen) atoms. The average Bonchev–Trinajstić information content (AvgIpc) is 3.48. The third-order valence-corrected chi connectivity index (χ3v) is 7.67. The Kier molecular flexibility index (Phi) is 6.20. The molecule has 1 aliphatic carbocycles. The predicted molar refractivity (Wildman–Crippen MR) is 133 cm³/mol. The molecule has 4 heterocycles. The highest BCUT2D eigenvalue weighted by molar-refractivity contribution is 5.94. The molecule has 194 valence electrons. The van der Waals surface area contributed by atoms with Gasteiger partial charge in [-0.15, -0.1) is 10.2 Å². The summed E-state index contributed by atoms with van der Waals surface area (Å²) < 4.78 is 43.6. The Bertz CT molecular complexity index is 1400. The topological polar surface area (TPSA) is 87.5 Å². The molecular formula is C26H29F3N8. The molecule has 0 bridgehead atoms. The molecule has 2 aliphatic rings. The first-order valence-electron chi connectivity index (χ1n) is 12.7. The van der Waals surface area contributed by atoms with Crippen LogP contribution in [0.2, 0.25) is 0 Å². The van der Waals surface area contributed by atoms with Crippen LogP contribution in [0.1, 0.15) is 48.0 Å². The average molecular weight is 511 g/mol. The molecule has 11 heteroatoms. The normalized spacial score (nSPS) is 18.3. The minimum absolute atomic E-state index is 0.0714. The van der Waals surface area contributed by atoms with E-state index >= 15 is 0 Å². The monoisotopic (exact) mass is 510 g/mol. The molecule has 8 nitrogen and oxygen atoms in total. The largest absolute Gasteiger partial charge is 0.433 e. The third kappa shape index (κ3) is 4.61. The Labute approximate surface area is 212 Å². The third-order valence-electron chi connectivity index (χ3n) is 7.67. The summed E-state index contributed by atoms with van der Waals surface area (Å²) in [6.45, 7) is 3.45. The Morgan fingerprint density at radius 2 is 1.95 bits per heavy atom. The number of piperazine rings is 1. The number of nitrogens with one attached hydrogen (secondary N) is 2. The van der Waals surface area contributed by atoms with Crippen LogP contribution in [0.25, 0.3) is 22.2 Å². The van der Waals surface area contributed by atoms with Crippen LogP contribution in [0.3, 0.4) is 0 Å². The van der Waals surface area contributed by atoms with Gasteiger partial charge in [-0.2, -0.15) is 18.3 Å². The minimum atomic E-state index is -4.55. The van der Waals surface area contributed by atoms with E-state index in [9.17, 15) is 13.2 Å². The summed E-state index contributed by atoms with van der Waals surface area (Å²) in [5.74, 6) is 1.43. The Hall–Kier alpha value is -3.31. The lowest BCUT2D eigenvalue weighted by atomic mass is 9.72. The zero-order valence-electron chi connectivity index (χ0n) is 20.6. The highest BCUT2D eigenvalue weighted by Gasteiger charge is 2.35. The second-order valence-corrected chi connectivity index (χ2v) is 10.1. The van der Waals surface area contributed by atoms with Gasteiger partial charge in [0.15, 0.2) is 0 Å². The van der Waals surface area contributed by atoms with Crippen LogP contribution in [0, 0.1) is 5.92 Å². The van der Waals surface area contributed by atoms with E-state index < -0.39 is 11.9 Å². The van der Waals surface area contributed by atoms with Crippen LogP contribution < -0.4 is 5.32 Å². The van der Waals surface area contributed by atoms with Crippen molar-refractivity contribution in [1.82, 2.24) is 40.2 Å². The fraction of sp³-hybridized carbons (Fsp3) is 0.462. The summed E-state index contributed by atoms with van der Waals surface area (Å²) >= 11 is 0. The molecule has 0 amide bonds. The van der Waals surface area contributed by atoms with Crippen LogP contribution >= 0.6 is 0 Å². The second-order valence-electron chi connectivity index (χ2n) is 10.1. The number of fused-ring (bicyclic) bond motifs is 1. The Morgan fingerprint density at radius 1 is 1.14 bits per heavy atom. The van der Waals surface area contributed by atoms with E-state index in [0.29, 0.717) is 34.8 Å². The fourth-order valence-corrected chi connectivity index (χ4v) is 5.50. The summed E-state index contributed by atoms with van der Waals surface area (Å²) in [6, 6.07) is 9.07. The summed E-state index contributed by atoms with van der Waals surface area (Å²) in [5, 5.41) is 19.7. The van der Waals surface area contributed by atoms with Crippen molar-refractivity contribution in [2.45, 2.75) is 37.9 Å². The molecular weight excluding hydrogens is 481 g/mol. The molecule has 4 aromatic rings. The van der Waals surface area contributed by atoms with Crippen LogP contribution in [0.15, 0.2) is 36.7 Å². The van der Waals surface area contributed by atoms with E-state index in [4.69, 9.17) is 0 Å². The van der Waals surface area contributed by atoms with E-state index in [1.54, 1.807) is 6.33 Å². The lowest BCUT2D eigenvalue weighted by molar-refractivity contribution is -0.141. The number of hydrogen-bond acceptors (Lipinski definition) is 6. The first kappa shape index (κ1) is 24.1. The van der Waals surface area contributed by atoms with Crippen LogP contribution in [0.4, 0.5) is 13.2 Å². The molecule has 1 aromatic carbocycles. The van der Waals surface area contributed by atoms with Crippen molar-refractivity contribution in [2.75, 3.05) is 26.2 Å². The van der Waals surface area contributed by atoms with Crippen LogP contribution in [-0.4, -0.2) is 61.0 Å². The van der Waals surface area contributed by atoms with Gasteiger partial charge in [0.1, 0.15) is 23.5 Å². The van der Waals surface area contributed by atoms with Crippen molar-refractivity contribution in [3.8, 4) is 11.3 Å². The van der Waals surface area contributed by atoms with Gasteiger partial charge in [-0.1, -0.05) is 24.6 Å². The molecule has 6 rings (SSSR count). The van der Waals surface area contributed by atoms with Gasteiger partial charge >= 0.3 is 6.18 Å². The van der Waals surface area contributed by atoms with Crippen molar-refractivity contribution in [1.29, 1.82) is 0 Å². The number of pyridine rings is 1. The maximum absolute atomic E-state index is 13.9. The van der Waals surface area contributed by atoms with Gasteiger partial charge in [0, 0.05) is 56.6 Å². The maximum Gasteiger partial charge on any atom is 0.433 e. The van der Waals surface area contributed by atoms with E-state index in [-0.39, 0.29) is 5.92 Å². The molecule has 0 radical (unpaired) electrons. The molecule has 0 spiro atoms. The van der Waals surface area contributed by atoms with Gasteiger partial charge in [0.25, 0.3) is 0 Å². The number of rotatable bonds is 6. The highest BCUT2D eigenvalue weighted by atomic mass is 19.4. The minimum Gasteiger partial charge on any atom is -0.320 e. The number of aromatic amines is 1. The van der Waals surface area contributed by atoms with Crippen molar-refractivity contribution in [3.63, 3.8) is 0 Å². The Morgan fingerprint density at radius 3 is 2.62 bits per heavy atom. The molecule has 2 fully saturated rings. The Balaban J connectivity index is 1.43. The van der Waals surface area contributed by atoms with Gasteiger partial charge in [-0.3, -0.25) is 10.00 Å². The van der Waals surface area contributed by atoms with Crippen molar-refractivity contribution < 1.29 is 13.2 Å². The summed E-state index contributed by atoms with van der Waals surface area (Å²) in [6.07, 6.45) is 0.568. The van der Waals surface area contributed by atoms with Crippen molar-refractivity contribution in [3.05, 3.63) is 59.4 Å². The van der Waals surface area contributed by atoms with Gasteiger partial charge in [0.05, 0.1) is 11.2 Å². The van der Waals surface area contributed by atoms with Gasteiger partial charge in [0.2, 0.25) is 0 Å². The lowest BCUT2D eigenvalue weighted by Gasteiger charge is -2.33. The summed E-state index contributed by atoms with van der Waals surface area (Å²) in [4.78, 5) is 6.14. The number of aromatic nitrogens is 6. The van der Waals surface area contributed by atoms with Gasteiger partial charge in [-0.05, 0) is 36.5 Å². The number of nitrogens with zero attached hydrogens (tertiary/aromatic N) is 6. The van der Waals surface area contributed by atoms with Gasteiger partial charge < -0.3 is 9.88 Å². The van der Waals surface area contributed by atoms with Crippen molar-refractivity contribution in [2.24, 2.45) is 13.0 Å². The van der Waals surface area contributed by atoms with E-state index in [1.807, 2.05) is 29.8 Å². The quantitative estimate of drug-likeness (QED) is 0.406. The first-order valence-corrected chi connectivity index (χ1v) is 12.7. The predicted octanol–water partition coefficient (Wildman–Crippen LogP) is 4.11. The summed E-state index contributed by atoms with van der Waals surface area (Å²) in [7, 11) is 1.94. The lowest BCUT2D eigenvalue weighted by Crippen LogP contribution is -2.43. The van der Waals surface area contributed by atoms with Crippen molar-refractivity contribution >= 4 is 10.9 Å². The molecule has 1 saturated heterocycles. The zero-order valence-corrected chi connectivity index (χ0v) is 20.6. The molecule has 1 saturated carbocycles. The molecule has 1 aliphatic heterocycles. The number of H-pyrrole nitrogens is 1. The zero-order chi connectivity index (χ0) is 25.6. The maximum atomic E-state index is 13.9. The number of aryl methyl sites for hydroxylation is 1. The molecule has 1 unspecified atom stereocenters. The number of halogens is 3. The van der Waals surface area contributed by atoms with E-state index in [1.165, 1.54) is 6.42 Å².